The van der Waals surface area contributed by atoms with Crippen LogP contribution in [0.5, 0.6) is 51.7 Å². The fourth-order valence-corrected chi connectivity index (χ4v) is 8.66. The predicted octanol–water partition coefficient (Wildman–Crippen LogP) is 11.0. The second kappa shape index (κ2) is 12.9. The van der Waals surface area contributed by atoms with Gasteiger partial charge in [-0.15, -0.1) is 0 Å². The van der Waals surface area contributed by atoms with Gasteiger partial charge in [-0.1, -0.05) is 115 Å². The zero-order chi connectivity index (χ0) is 40.9. The number of phenols is 9. The molecule has 1 aliphatic rings. The molecular weight excluding hydrogens is 749 g/mol. The van der Waals surface area contributed by atoms with Crippen LogP contribution < -0.4 is 0 Å². The van der Waals surface area contributed by atoms with E-state index in [9.17, 15) is 46.0 Å². The molecule has 1 aromatic heterocycles. The van der Waals surface area contributed by atoms with Gasteiger partial charge in [0, 0.05) is 22.1 Å². The van der Waals surface area contributed by atoms with Crippen LogP contribution in [0.2, 0.25) is 0 Å². The van der Waals surface area contributed by atoms with Gasteiger partial charge in [-0.05, 0) is 67.9 Å². The second-order valence-corrected chi connectivity index (χ2v) is 14.5. The quantitative estimate of drug-likeness (QED) is 0.0471. The van der Waals surface area contributed by atoms with Gasteiger partial charge in [0.2, 0.25) is 23.0 Å². The number of hydrogen-bond donors (Lipinski definition) is 9. The molecule has 0 amide bonds. The van der Waals surface area contributed by atoms with Gasteiger partial charge in [-0.2, -0.15) is 0 Å². The molecule has 0 fully saturated rings. The van der Waals surface area contributed by atoms with E-state index < -0.39 is 68.4 Å². The van der Waals surface area contributed by atoms with Crippen molar-refractivity contribution in [3.8, 4) is 108 Å². The first-order chi connectivity index (χ1) is 28.6. The Morgan fingerprint density at radius 2 is 0.864 bits per heavy atom. The van der Waals surface area contributed by atoms with E-state index in [1.165, 1.54) is 0 Å². The Bertz CT molecular complexity index is 3220. The van der Waals surface area contributed by atoms with Crippen molar-refractivity contribution in [3.05, 3.63) is 132 Å². The van der Waals surface area contributed by atoms with Crippen LogP contribution in [0.3, 0.4) is 0 Å². The molecule has 10 heteroatoms. The summed E-state index contributed by atoms with van der Waals surface area (Å²) >= 11 is 0. The van der Waals surface area contributed by atoms with Gasteiger partial charge in [-0.3, -0.25) is 0 Å². The number of fused-ring (bicyclic) bond motifs is 7. The van der Waals surface area contributed by atoms with Crippen LogP contribution in [-0.2, 0) is 6.42 Å². The first-order valence-electron chi connectivity index (χ1n) is 18.6. The highest BCUT2D eigenvalue weighted by atomic mass is 16.4. The van der Waals surface area contributed by atoms with Crippen LogP contribution in [0.25, 0.3) is 94.4 Å². The maximum Gasteiger partial charge on any atom is 0.208 e. The molecule has 59 heavy (non-hydrogen) atoms. The average molecular weight is 781 g/mol. The molecule has 10 nitrogen and oxygen atoms in total. The van der Waals surface area contributed by atoms with Crippen molar-refractivity contribution in [2.75, 3.05) is 0 Å². The summed E-state index contributed by atoms with van der Waals surface area (Å²) in [6.45, 7) is 0. The summed E-state index contributed by atoms with van der Waals surface area (Å²) in [5, 5.41) is 101. The third-order valence-electron chi connectivity index (χ3n) is 11.3. The molecule has 288 valence electrons. The Morgan fingerprint density at radius 3 is 1.51 bits per heavy atom. The van der Waals surface area contributed by atoms with E-state index in [-0.39, 0.29) is 5.56 Å². The van der Waals surface area contributed by atoms with Gasteiger partial charge in [0.15, 0.2) is 23.0 Å². The van der Waals surface area contributed by atoms with Gasteiger partial charge in [0.05, 0.1) is 16.7 Å². The van der Waals surface area contributed by atoms with Crippen molar-refractivity contribution in [2.24, 2.45) is 0 Å². The number of furan rings is 1. The molecular formula is C49H32O10. The summed E-state index contributed by atoms with van der Waals surface area (Å²) in [4.78, 5) is 0. The minimum Gasteiger partial charge on any atom is -0.506 e. The number of allylic oxidation sites excluding steroid dienone is 1. The van der Waals surface area contributed by atoms with Crippen molar-refractivity contribution in [1.29, 1.82) is 0 Å². The molecule has 10 rings (SSSR count). The monoisotopic (exact) mass is 780 g/mol. The predicted molar refractivity (Wildman–Crippen MR) is 226 cm³/mol. The van der Waals surface area contributed by atoms with Gasteiger partial charge in [0.1, 0.15) is 17.1 Å². The highest BCUT2D eigenvalue weighted by Crippen LogP contribution is 2.63. The zero-order valence-electron chi connectivity index (χ0n) is 30.8. The highest BCUT2D eigenvalue weighted by molar-refractivity contribution is 6.23. The molecule has 0 saturated heterocycles. The number of benzene rings is 8. The number of aromatic hydroxyl groups is 9. The lowest BCUT2D eigenvalue weighted by molar-refractivity contribution is 0.329. The Balaban J connectivity index is 1.23. The molecule has 0 aliphatic heterocycles. The van der Waals surface area contributed by atoms with Crippen molar-refractivity contribution in [1.82, 2.24) is 0 Å². The molecule has 0 saturated carbocycles. The van der Waals surface area contributed by atoms with Crippen LogP contribution in [0, 0.1) is 0 Å². The normalized spacial score (nSPS) is 12.2. The summed E-state index contributed by atoms with van der Waals surface area (Å²) in [5.74, 6) is -9.59. The van der Waals surface area contributed by atoms with Crippen LogP contribution in [-0.4, -0.2) is 46.0 Å². The van der Waals surface area contributed by atoms with Gasteiger partial charge < -0.3 is 50.4 Å². The van der Waals surface area contributed by atoms with E-state index in [4.69, 9.17) is 4.42 Å². The lowest BCUT2D eigenvalue weighted by Gasteiger charge is -2.22. The SMILES string of the molecule is Oc1c(O)c(O)c(-c2c(O)c(O)c(O)c(-c3c4ccccc4c(-c4cccc(-c5cccc6oc7c(c56)CC=Cc5ccccc5-7)c4)c4ccccc34)c2O)c(O)c1O. The van der Waals surface area contributed by atoms with Crippen LogP contribution in [0.15, 0.2) is 126 Å². The van der Waals surface area contributed by atoms with Crippen molar-refractivity contribution in [2.45, 2.75) is 6.42 Å². The Kier molecular flexibility index (Phi) is 7.70. The lowest BCUT2D eigenvalue weighted by atomic mass is 9.83. The minimum atomic E-state index is -1.27. The minimum absolute atomic E-state index is 0.216. The summed E-state index contributed by atoms with van der Waals surface area (Å²) < 4.78 is 6.57. The van der Waals surface area contributed by atoms with Gasteiger partial charge >= 0.3 is 0 Å². The Hall–Kier alpha value is -8.24. The molecule has 9 aromatic rings. The fraction of sp³-hybridized carbons (Fsp3) is 0.0204. The van der Waals surface area contributed by atoms with E-state index >= 15 is 0 Å². The fourth-order valence-electron chi connectivity index (χ4n) is 8.66. The topological polar surface area (TPSA) is 195 Å². The van der Waals surface area contributed by atoms with E-state index in [0.717, 1.165) is 55.7 Å². The maximum absolute atomic E-state index is 12.0. The van der Waals surface area contributed by atoms with E-state index in [1.807, 2.05) is 60.7 Å². The molecule has 8 aromatic carbocycles. The molecule has 9 N–H and O–H groups in total. The number of hydrogen-bond acceptors (Lipinski definition) is 10. The van der Waals surface area contributed by atoms with E-state index in [2.05, 4.69) is 42.5 Å². The molecule has 1 heterocycles. The standard InChI is InChI=1S/C49H32O10/c50-40-37(41(51)45(55)42(52)38(40)39-43(53)46(56)48(58)47(57)44(39)54)36-30-17-5-3-15-28(30)34(29-16-4-6-18-31(29)36)25-13-7-12-24(22-25)26-19-9-21-33-35(26)32-20-8-11-23-10-1-2-14-27(23)49(32)59-33/h1-19,21-22,50-58H,20H2. The van der Waals surface area contributed by atoms with E-state index in [0.29, 0.717) is 28.0 Å². The summed E-state index contributed by atoms with van der Waals surface area (Å²) in [5.41, 5.74) is 5.67. The molecule has 0 spiro atoms. The molecule has 0 unspecified atom stereocenters. The smallest absolute Gasteiger partial charge is 0.208 e. The number of rotatable bonds is 4. The largest absolute Gasteiger partial charge is 0.506 e. The third kappa shape index (κ3) is 4.99. The average Bonchev–Trinajstić information content (AvgIpc) is 3.54. The molecule has 0 atom stereocenters. The molecule has 0 radical (unpaired) electrons. The second-order valence-electron chi connectivity index (χ2n) is 14.5. The van der Waals surface area contributed by atoms with Crippen LogP contribution in [0.1, 0.15) is 11.1 Å². The molecule has 1 aliphatic carbocycles. The summed E-state index contributed by atoms with van der Waals surface area (Å²) in [6, 6.07) is 36.9. The van der Waals surface area contributed by atoms with Gasteiger partial charge in [-0.25, -0.2) is 0 Å². The maximum atomic E-state index is 12.0. The molecule has 0 bridgehead atoms. The van der Waals surface area contributed by atoms with Crippen LogP contribution >= 0.6 is 0 Å². The summed E-state index contributed by atoms with van der Waals surface area (Å²) in [6.07, 6.45) is 4.96. The van der Waals surface area contributed by atoms with Crippen molar-refractivity contribution in [3.63, 3.8) is 0 Å². The lowest BCUT2D eigenvalue weighted by Crippen LogP contribution is -1.94. The van der Waals surface area contributed by atoms with Gasteiger partial charge in [0.25, 0.3) is 0 Å². The first-order valence-corrected chi connectivity index (χ1v) is 18.6. The Labute approximate surface area is 334 Å². The zero-order valence-corrected chi connectivity index (χ0v) is 30.8. The van der Waals surface area contributed by atoms with Crippen molar-refractivity contribution < 1.29 is 50.4 Å². The summed E-state index contributed by atoms with van der Waals surface area (Å²) in [7, 11) is 0. The number of phenolic OH excluding ortho intramolecular Hbond substituents is 9. The highest BCUT2D eigenvalue weighted by Gasteiger charge is 2.34. The Morgan fingerprint density at radius 1 is 0.390 bits per heavy atom. The van der Waals surface area contributed by atoms with Crippen molar-refractivity contribution >= 4 is 38.6 Å². The third-order valence-corrected chi connectivity index (χ3v) is 11.3. The first kappa shape index (κ1) is 35.2. The van der Waals surface area contributed by atoms with E-state index in [1.54, 1.807) is 24.3 Å². The van der Waals surface area contributed by atoms with Crippen LogP contribution in [0.4, 0.5) is 0 Å².